The summed E-state index contributed by atoms with van der Waals surface area (Å²) in [6, 6.07) is 0. The molecule has 2 nitrogen and oxygen atoms in total. The molecule has 0 aliphatic rings. The Hall–Kier alpha value is -1.36. The minimum Gasteiger partial charge on any atom is -0.394 e. The van der Waals surface area contributed by atoms with Crippen molar-refractivity contribution in [2.75, 3.05) is 11.5 Å². The van der Waals surface area contributed by atoms with Gasteiger partial charge in [0.1, 0.15) is 11.4 Å². The highest BCUT2D eigenvalue weighted by molar-refractivity contribution is 6.61. The molecule has 0 amide bonds. The van der Waals surface area contributed by atoms with Crippen LogP contribution in [0.5, 0.6) is 0 Å². The number of alkyl halides is 4. The van der Waals surface area contributed by atoms with Crippen LogP contribution in [0.3, 0.4) is 0 Å². The van der Waals surface area contributed by atoms with Crippen molar-refractivity contribution < 1.29 is 35.1 Å². The molecule has 0 bridgehead atoms. The first kappa shape index (κ1) is 22.9. The molecule has 0 radical (unpaired) electrons. The van der Waals surface area contributed by atoms with Crippen molar-refractivity contribution >= 4 is 57.8 Å². The lowest BCUT2D eigenvalue weighted by Crippen LogP contribution is -2.36. The van der Waals surface area contributed by atoms with E-state index in [1.54, 1.807) is 0 Å². The minimum atomic E-state index is -3.66. The lowest BCUT2D eigenvalue weighted by molar-refractivity contribution is 0.415. The van der Waals surface area contributed by atoms with Crippen LogP contribution < -0.4 is 11.5 Å². The van der Waals surface area contributed by atoms with E-state index in [9.17, 15) is 35.1 Å². The third-order valence-corrected chi connectivity index (χ3v) is 5.89. The molecule has 2 rings (SSSR count). The van der Waals surface area contributed by atoms with Gasteiger partial charge in [0, 0.05) is 0 Å². The quantitative estimate of drug-likeness (QED) is 0.241. The normalized spacial score (nSPS) is 12.6. The maximum atomic E-state index is 14.2. The Labute approximate surface area is 170 Å². The van der Waals surface area contributed by atoms with Gasteiger partial charge in [-0.3, -0.25) is 0 Å². The lowest BCUT2D eigenvalue weighted by Gasteiger charge is -2.34. The molecule has 0 fully saturated rings. The number of halogens is 12. The maximum Gasteiger partial charge on any atom is 0.186 e. The summed E-state index contributed by atoms with van der Waals surface area (Å²) in [6.07, 6.45) is 0. The van der Waals surface area contributed by atoms with Gasteiger partial charge in [-0.15, -0.1) is 0 Å². The predicted molar refractivity (Wildman–Crippen MR) is 88.1 cm³/mol. The molecule has 0 saturated heterocycles. The Balaban J connectivity index is 2.92. The fourth-order valence-corrected chi connectivity index (χ4v) is 3.20. The number of anilines is 2. The van der Waals surface area contributed by atoms with Crippen LogP contribution in [0.15, 0.2) is 0 Å². The average Bonchev–Trinajstić information content (AvgIpc) is 2.61. The molecule has 28 heavy (non-hydrogen) atoms. The van der Waals surface area contributed by atoms with Crippen LogP contribution >= 0.6 is 46.4 Å². The van der Waals surface area contributed by atoms with Crippen molar-refractivity contribution in [2.24, 2.45) is 0 Å². The summed E-state index contributed by atoms with van der Waals surface area (Å²) < 4.78 is 104. The van der Waals surface area contributed by atoms with Gasteiger partial charge in [-0.2, -0.15) is 0 Å². The Bertz CT molecular complexity index is 859. The predicted octanol–water partition coefficient (Wildman–Crippen LogP) is 5.92. The SMILES string of the molecule is Nc1c(F)c(F)c(C(Cl)(Cl)C(Cl)(Cl)c2c(F)c(F)c(N)c(F)c2F)c(F)c1F. The van der Waals surface area contributed by atoms with Gasteiger partial charge in [-0.1, -0.05) is 46.4 Å². The van der Waals surface area contributed by atoms with Crippen molar-refractivity contribution in [3.63, 3.8) is 0 Å². The molecule has 0 unspecified atom stereocenters. The number of benzene rings is 2. The fraction of sp³-hybridized carbons (Fsp3) is 0.143. The Kier molecular flexibility index (Phi) is 5.86. The Morgan fingerprint density at radius 1 is 0.429 bits per heavy atom. The van der Waals surface area contributed by atoms with E-state index in [0.717, 1.165) is 0 Å². The zero-order chi connectivity index (χ0) is 21.9. The van der Waals surface area contributed by atoms with Crippen molar-refractivity contribution in [3.8, 4) is 0 Å². The first-order valence-corrected chi connectivity index (χ1v) is 8.11. The second kappa shape index (κ2) is 7.16. The van der Waals surface area contributed by atoms with Gasteiger partial charge in [0.05, 0.1) is 11.1 Å². The molecule has 4 N–H and O–H groups in total. The monoisotopic (exact) mass is 492 g/mol. The van der Waals surface area contributed by atoms with E-state index in [4.69, 9.17) is 57.9 Å². The molecular weight excluding hydrogens is 490 g/mol. The van der Waals surface area contributed by atoms with Gasteiger partial charge < -0.3 is 11.5 Å². The summed E-state index contributed by atoms with van der Waals surface area (Å²) in [4.78, 5) is 0. The zero-order valence-electron chi connectivity index (χ0n) is 12.7. The van der Waals surface area contributed by atoms with Gasteiger partial charge in [0.15, 0.2) is 55.2 Å². The highest BCUT2D eigenvalue weighted by Gasteiger charge is 2.57. The van der Waals surface area contributed by atoms with Gasteiger partial charge in [0.2, 0.25) is 0 Å². The number of rotatable bonds is 3. The highest BCUT2D eigenvalue weighted by Crippen LogP contribution is 2.59. The summed E-state index contributed by atoms with van der Waals surface area (Å²) in [7, 11) is 0. The van der Waals surface area contributed by atoms with Crippen LogP contribution in [0.25, 0.3) is 0 Å². The van der Waals surface area contributed by atoms with Crippen LogP contribution in [-0.2, 0) is 8.67 Å². The highest BCUT2D eigenvalue weighted by atomic mass is 35.5. The Morgan fingerprint density at radius 3 is 0.786 bits per heavy atom. The van der Waals surface area contributed by atoms with E-state index in [0.29, 0.717) is 0 Å². The largest absolute Gasteiger partial charge is 0.394 e. The maximum absolute atomic E-state index is 14.2. The van der Waals surface area contributed by atoms with Crippen LogP contribution in [-0.4, -0.2) is 0 Å². The van der Waals surface area contributed by atoms with Gasteiger partial charge in [0.25, 0.3) is 0 Å². The van der Waals surface area contributed by atoms with E-state index < -0.39 is 77.7 Å². The van der Waals surface area contributed by atoms with E-state index >= 15 is 0 Å². The van der Waals surface area contributed by atoms with Crippen molar-refractivity contribution in [1.82, 2.24) is 0 Å². The van der Waals surface area contributed by atoms with Gasteiger partial charge in [-0.25, -0.2) is 35.1 Å². The molecule has 14 heteroatoms. The molecule has 0 aromatic heterocycles. The molecule has 0 atom stereocenters. The zero-order valence-corrected chi connectivity index (χ0v) is 15.7. The second-order valence-electron chi connectivity index (χ2n) is 5.24. The average molecular weight is 494 g/mol. The summed E-state index contributed by atoms with van der Waals surface area (Å²) in [5.41, 5.74) is 2.42. The van der Waals surface area contributed by atoms with Crippen molar-refractivity contribution in [2.45, 2.75) is 8.67 Å². The molecule has 0 saturated carbocycles. The molecule has 0 aliphatic heterocycles. The second-order valence-corrected chi connectivity index (χ2v) is 7.89. The molecule has 2 aromatic carbocycles. The number of nitrogens with two attached hydrogens (primary N) is 2. The van der Waals surface area contributed by atoms with E-state index in [1.807, 2.05) is 0 Å². The number of nitrogen functional groups attached to an aromatic ring is 2. The van der Waals surface area contributed by atoms with E-state index in [2.05, 4.69) is 0 Å². The van der Waals surface area contributed by atoms with Gasteiger partial charge >= 0.3 is 0 Å². The molecule has 0 heterocycles. The number of hydrogen-bond donors (Lipinski definition) is 2. The first-order chi connectivity index (χ1) is 12.6. The minimum absolute atomic E-state index is 1.63. The standard InChI is InChI=1S/C14H4Cl4F8N2/c15-13(16,1-3(19)7(23)11(27)8(24)4(1)20)14(17,18)2-5(21)9(25)12(28)10(26)6(2)22/h27-28H2. The van der Waals surface area contributed by atoms with Crippen molar-refractivity contribution in [1.29, 1.82) is 0 Å². The van der Waals surface area contributed by atoms with Crippen LogP contribution in [0, 0.1) is 46.5 Å². The Morgan fingerprint density at radius 2 is 0.607 bits per heavy atom. The number of hydrogen-bond acceptors (Lipinski definition) is 2. The summed E-state index contributed by atoms with van der Waals surface area (Å²) in [6.45, 7) is 0. The summed E-state index contributed by atoms with van der Waals surface area (Å²) in [5, 5.41) is 0. The molecular formula is C14H4Cl4F8N2. The molecule has 2 aromatic rings. The van der Waals surface area contributed by atoms with E-state index in [1.165, 1.54) is 0 Å². The molecule has 154 valence electrons. The third-order valence-electron chi connectivity index (χ3n) is 3.62. The van der Waals surface area contributed by atoms with Crippen LogP contribution in [0.1, 0.15) is 11.1 Å². The summed E-state index contributed by atoms with van der Waals surface area (Å²) in [5.74, 6) is -18.1. The summed E-state index contributed by atoms with van der Waals surface area (Å²) >= 11 is 22.5. The van der Waals surface area contributed by atoms with E-state index in [-0.39, 0.29) is 0 Å². The topological polar surface area (TPSA) is 52.0 Å². The fourth-order valence-electron chi connectivity index (χ4n) is 2.16. The van der Waals surface area contributed by atoms with Gasteiger partial charge in [-0.05, 0) is 0 Å². The third kappa shape index (κ3) is 3.01. The molecule has 0 spiro atoms. The smallest absolute Gasteiger partial charge is 0.186 e. The van der Waals surface area contributed by atoms with Crippen molar-refractivity contribution in [3.05, 3.63) is 57.7 Å². The lowest BCUT2D eigenvalue weighted by atomic mass is 9.98. The van der Waals surface area contributed by atoms with Crippen LogP contribution in [0.2, 0.25) is 0 Å². The molecule has 0 aliphatic carbocycles. The van der Waals surface area contributed by atoms with Crippen LogP contribution in [0.4, 0.5) is 46.5 Å². The first-order valence-electron chi connectivity index (χ1n) is 6.60.